The number of hydrogen-bond acceptors (Lipinski definition) is 3. The third-order valence-electron chi connectivity index (χ3n) is 4.44. The Hall–Kier alpha value is -2.04. The maximum Gasteiger partial charge on any atom is 0.307 e. The Bertz CT molecular complexity index is 557. The van der Waals surface area contributed by atoms with Crippen molar-refractivity contribution in [3.8, 4) is 5.75 Å². The van der Waals surface area contributed by atoms with Crippen molar-refractivity contribution in [2.24, 2.45) is 11.8 Å². The van der Waals surface area contributed by atoms with Gasteiger partial charge < -0.3 is 15.2 Å². The number of ether oxygens (including phenoxy) is 1. The number of para-hydroxylation sites is 1. The standard InChI is InChI=1S/C16H19NO4/c18-15(10-5-1-2-6-11(10)16(19)20)17-13-9-21-14-8-4-3-7-12(13)14/h3-4,7-8,10-11,13H,1-2,5-6,9H2,(H,17,18)(H,19,20)/t10-,11-,13-/m1/s1. The summed E-state index contributed by atoms with van der Waals surface area (Å²) in [6.07, 6.45) is 3.04. The highest BCUT2D eigenvalue weighted by atomic mass is 16.5. The number of aliphatic carboxylic acids is 1. The molecule has 0 spiro atoms. The molecule has 1 amide bonds. The zero-order chi connectivity index (χ0) is 14.8. The van der Waals surface area contributed by atoms with Gasteiger partial charge in [0.2, 0.25) is 5.91 Å². The SMILES string of the molecule is O=C(O)[C@@H]1CCCC[C@H]1C(=O)N[C@@H]1COc2ccccc21. The Morgan fingerprint density at radius 2 is 1.86 bits per heavy atom. The largest absolute Gasteiger partial charge is 0.491 e. The van der Waals surface area contributed by atoms with Gasteiger partial charge in [0, 0.05) is 5.56 Å². The van der Waals surface area contributed by atoms with E-state index in [9.17, 15) is 14.7 Å². The lowest BCUT2D eigenvalue weighted by Gasteiger charge is -2.28. The van der Waals surface area contributed by atoms with Gasteiger partial charge in [-0.15, -0.1) is 0 Å². The molecule has 0 aromatic heterocycles. The van der Waals surface area contributed by atoms with E-state index >= 15 is 0 Å². The van der Waals surface area contributed by atoms with Crippen molar-refractivity contribution < 1.29 is 19.4 Å². The number of benzene rings is 1. The molecule has 1 fully saturated rings. The first-order valence-corrected chi connectivity index (χ1v) is 7.41. The number of nitrogens with one attached hydrogen (secondary N) is 1. The minimum atomic E-state index is -0.863. The molecule has 0 unspecified atom stereocenters. The highest BCUT2D eigenvalue weighted by Gasteiger charge is 2.37. The fraction of sp³-hybridized carbons (Fsp3) is 0.500. The molecule has 3 atom stereocenters. The first-order valence-electron chi connectivity index (χ1n) is 7.41. The number of amides is 1. The summed E-state index contributed by atoms with van der Waals surface area (Å²) in [6, 6.07) is 7.44. The molecule has 0 radical (unpaired) electrons. The lowest BCUT2D eigenvalue weighted by molar-refractivity contribution is -0.149. The van der Waals surface area contributed by atoms with Gasteiger partial charge in [-0.3, -0.25) is 9.59 Å². The Kier molecular flexibility index (Phi) is 3.82. The highest BCUT2D eigenvalue weighted by Crippen LogP contribution is 2.34. The van der Waals surface area contributed by atoms with Crippen LogP contribution in [0.4, 0.5) is 0 Å². The van der Waals surface area contributed by atoms with Crippen molar-refractivity contribution in [2.45, 2.75) is 31.7 Å². The van der Waals surface area contributed by atoms with Crippen LogP contribution in [-0.4, -0.2) is 23.6 Å². The number of fused-ring (bicyclic) bond motifs is 1. The maximum atomic E-state index is 12.4. The second-order valence-corrected chi connectivity index (χ2v) is 5.75. The number of carboxylic acid groups (broad SMARTS) is 1. The highest BCUT2D eigenvalue weighted by molar-refractivity contribution is 5.85. The molecule has 2 aliphatic rings. The van der Waals surface area contributed by atoms with E-state index in [4.69, 9.17) is 4.74 Å². The lowest BCUT2D eigenvalue weighted by atomic mass is 9.78. The second kappa shape index (κ2) is 5.76. The van der Waals surface area contributed by atoms with Crippen LogP contribution in [0, 0.1) is 11.8 Å². The van der Waals surface area contributed by atoms with Gasteiger partial charge in [0.05, 0.1) is 17.9 Å². The molecule has 1 aliphatic carbocycles. The Balaban J connectivity index is 1.70. The van der Waals surface area contributed by atoms with Gasteiger partial charge in [-0.2, -0.15) is 0 Å². The molecule has 1 aliphatic heterocycles. The van der Waals surface area contributed by atoms with E-state index in [-0.39, 0.29) is 11.9 Å². The molecule has 3 rings (SSSR count). The number of hydrogen-bond donors (Lipinski definition) is 2. The summed E-state index contributed by atoms with van der Waals surface area (Å²) in [6.45, 7) is 0.412. The molecule has 112 valence electrons. The van der Waals surface area contributed by atoms with Gasteiger partial charge >= 0.3 is 5.97 Å². The summed E-state index contributed by atoms with van der Waals surface area (Å²) < 4.78 is 5.54. The molecular formula is C16H19NO4. The molecular weight excluding hydrogens is 270 g/mol. The van der Waals surface area contributed by atoms with E-state index < -0.39 is 17.8 Å². The summed E-state index contributed by atoms with van der Waals surface area (Å²) in [5.74, 6) is -1.22. The molecule has 1 heterocycles. The third kappa shape index (κ3) is 2.73. The van der Waals surface area contributed by atoms with Gasteiger partial charge in [0.1, 0.15) is 12.4 Å². The second-order valence-electron chi connectivity index (χ2n) is 5.75. The zero-order valence-corrected chi connectivity index (χ0v) is 11.7. The van der Waals surface area contributed by atoms with Crippen LogP contribution >= 0.6 is 0 Å². The smallest absolute Gasteiger partial charge is 0.307 e. The van der Waals surface area contributed by atoms with Gasteiger partial charge in [0.25, 0.3) is 0 Å². The molecule has 5 heteroatoms. The topological polar surface area (TPSA) is 75.6 Å². The minimum absolute atomic E-state index is 0.160. The Labute approximate surface area is 123 Å². The molecule has 1 saturated carbocycles. The van der Waals surface area contributed by atoms with E-state index in [0.29, 0.717) is 19.4 Å². The minimum Gasteiger partial charge on any atom is -0.491 e. The lowest BCUT2D eigenvalue weighted by Crippen LogP contribution is -2.41. The van der Waals surface area contributed by atoms with Crippen LogP contribution in [0.2, 0.25) is 0 Å². The molecule has 5 nitrogen and oxygen atoms in total. The first-order chi connectivity index (χ1) is 10.2. The van der Waals surface area contributed by atoms with Crippen LogP contribution in [-0.2, 0) is 9.59 Å². The molecule has 2 N–H and O–H groups in total. The van der Waals surface area contributed by atoms with Crippen LogP contribution in [0.15, 0.2) is 24.3 Å². The van der Waals surface area contributed by atoms with Crippen molar-refractivity contribution in [3.63, 3.8) is 0 Å². The monoisotopic (exact) mass is 289 g/mol. The Morgan fingerprint density at radius 3 is 2.62 bits per heavy atom. The average Bonchev–Trinajstić information content (AvgIpc) is 2.90. The normalized spacial score (nSPS) is 27.5. The number of rotatable bonds is 3. The molecule has 0 saturated heterocycles. The zero-order valence-electron chi connectivity index (χ0n) is 11.7. The summed E-state index contributed by atoms with van der Waals surface area (Å²) >= 11 is 0. The van der Waals surface area contributed by atoms with Crippen LogP contribution in [0.1, 0.15) is 37.3 Å². The quantitative estimate of drug-likeness (QED) is 0.893. The number of carboxylic acids is 1. The van der Waals surface area contributed by atoms with E-state index in [2.05, 4.69) is 5.32 Å². The molecule has 21 heavy (non-hydrogen) atoms. The number of carbonyl (C=O) groups excluding carboxylic acids is 1. The van der Waals surface area contributed by atoms with Gasteiger partial charge in [-0.1, -0.05) is 31.0 Å². The summed E-state index contributed by atoms with van der Waals surface area (Å²) in [7, 11) is 0. The van der Waals surface area contributed by atoms with Crippen molar-refractivity contribution in [1.82, 2.24) is 5.32 Å². The molecule has 0 bridgehead atoms. The summed E-state index contributed by atoms with van der Waals surface area (Å²) in [4.78, 5) is 23.7. The third-order valence-corrected chi connectivity index (χ3v) is 4.44. The van der Waals surface area contributed by atoms with E-state index in [1.165, 1.54) is 0 Å². The fourth-order valence-electron chi connectivity index (χ4n) is 3.30. The first kappa shape index (κ1) is 13.9. The summed E-state index contributed by atoms with van der Waals surface area (Å²) in [5.41, 5.74) is 0.966. The summed E-state index contributed by atoms with van der Waals surface area (Å²) in [5, 5.41) is 12.2. The van der Waals surface area contributed by atoms with Crippen LogP contribution in [0.5, 0.6) is 5.75 Å². The predicted octanol–water partition coefficient (Wildman–Crippen LogP) is 2.13. The predicted molar refractivity (Wildman–Crippen MR) is 75.9 cm³/mol. The van der Waals surface area contributed by atoms with Crippen molar-refractivity contribution in [3.05, 3.63) is 29.8 Å². The van der Waals surface area contributed by atoms with Gasteiger partial charge in [-0.05, 0) is 18.9 Å². The number of carbonyl (C=O) groups is 2. The van der Waals surface area contributed by atoms with E-state index in [0.717, 1.165) is 24.2 Å². The van der Waals surface area contributed by atoms with Crippen molar-refractivity contribution in [2.75, 3.05) is 6.61 Å². The van der Waals surface area contributed by atoms with Crippen molar-refractivity contribution in [1.29, 1.82) is 0 Å². The average molecular weight is 289 g/mol. The van der Waals surface area contributed by atoms with Crippen LogP contribution in [0.25, 0.3) is 0 Å². The fourth-order valence-corrected chi connectivity index (χ4v) is 3.30. The van der Waals surface area contributed by atoms with Crippen LogP contribution < -0.4 is 10.1 Å². The van der Waals surface area contributed by atoms with E-state index in [1.54, 1.807) is 0 Å². The maximum absolute atomic E-state index is 12.4. The van der Waals surface area contributed by atoms with Gasteiger partial charge in [-0.25, -0.2) is 0 Å². The molecule has 1 aromatic carbocycles. The van der Waals surface area contributed by atoms with Crippen molar-refractivity contribution >= 4 is 11.9 Å². The van der Waals surface area contributed by atoms with E-state index in [1.807, 2.05) is 24.3 Å². The van der Waals surface area contributed by atoms with Gasteiger partial charge in [0.15, 0.2) is 0 Å². The van der Waals surface area contributed by atoms with Crippen LogP contribution in [0.3, 0.4) is 0 Å². The Morgan fingerprint density at radius 1 is 1.14 bits per heavy atom. The molecule has 1 aromatic rings.